The molecule has 0 bridgehead atoms. The first kappa shape index (κ1) is 24.2. The second-order valence-electron chi connectivity index (χ2n) is 7.92. The van der Waals surface area contributed by atoms with E-state index >= 15 is 0 Å². The van der Waals surface area contributed by atoms with E-state index in [4.69, 9.17) is 9.47 Å². The van der Waals surface area contributed by atoms with Crippen molar-refractivity contribution in [3.05, 3.63) is 106 Å². The summed E-state index contributed by atoms with van der Waals surface area (Å²) in [4.78, 5) is 18.2. The van der Waals surface area contributed by atoms with E-state index < -0.39 is 4.92 Å². The molecule has 1 heterocycles. The number of benzene rings is 3. The van der Waals surface area contributed by atoms with Crippen molar-refractivity contribution in [1.29, 1.82) is 5.26 Å². The molecule has 0 atom stereocenters. The summed E-state index contributed by atoms with van der Waals surface area (Å²) >= 11 is 0. The van der Waals surface area contributed by atoms with E-state index in [1.54, 1.807) is 24.3 Å². The highest BCUT2D eigenvalue weighted by molar-refractivity contribution is 5.90. The number of para-hydroxylation sites is 2. The second kappa shape index (κ2) is 11.0. The van der Waals surface area contributed by atoms with E-state index in [9.17, 15) is 15.4 Å². The van der Waals surface area contributed by atoms with Crippen molar-refractivity contribution in [3.8, 4) is 17.6 Å². The number of hydrogen-bond donors (Lipinski definition) is 1. The highest BCUT2D eigenvalue weighted by Gasteiger charge is 2.15. The van der Waals surface area contributed by atoms with Gasteiger partial charge in [-0.1, -0.05) is 18.2 Å². The lowest BCUT2D eigenvalue weighted by molar-refractivity contribution is -0.384. The molecule has 180 valence electrons. The van der Waals surface area contributed by atoms with Crippen LogP contribution in [0.5, 0.6) is 11.5 Å². The van der Waals surface area contributed by atoms with Gasteiger partial charge in [-0.3, -0.25) is 10.1 Å². The van der Waals surface area contributed by atoms with Gasteiger partial charge in [-0.05, 0) is 66.9 Å². The first-order valence-electron chi connectivity index (χ1n) is 11.4. The molecule has 0 aliphatic rings. The molecule has 4 aromatic rings. The molecule has 0 aliphatic heterocycles. The van der Waals surface area contributed by atoms with Crippen molar-refractivity contribution < 1.29 is 14.4 Å². The Bertz CT molecular complexity index is 1450. The molecular weight excluding hydrogens is 456 g/mol. The number of imidazole rings is 1. The van der Waals surface area contributed by atoms with E-state index in [0.29, 0.717) is 35.9 Å². The molecule has 36 heavy (non-hydrogen) atoms. The predicted octanol–water partition coefficient (Wildman–Crippen LogP) is 6.24. The molecule has 8 nitrogen and oxygen atoms in total. The van der Waals surface area contributed by atoms with Gasteiger partial charge < -0.3 is 14.5 Å². The molecule has 4 rings (SSSR count). The molecule has 0 unspecified atom stereocenters. The summed E-state index contributed by atoms with van der Waals surface area (Å²) in [7, 11) is 0. The van der Waals surface area contributed by atoms with E-state index in [2.05, 4.69) is 22.6 Å². The number of nitro groups is 1. The van der Waals surface area contributed by atoms with Crippen LogP contribution in [0.1, 0.15) is 29.4 Å². The third kappa shape index (κ3) is 5.42. The van der Waals surface area contributed by atoms with Crippen molar-refractivity contribution in [2.45, 2.75) is 20.0 Å². The minimum absolute atomic E-state index is 0.0231. The van der Waals surface area contributed by atoms with Gasteiger partial charge in [0, 0.05) is 17.7 Å². The SMILES string of the molecule is C=CCc1cc(/C=C(\C#N)c2nc3ccccc3[nH]2)cc(OCC)c1OCc1ccc([N+](=O)[O-])cc1. The Hall–Kier alpha value is -4.90. The zero-order valence-electron chi connectivity index (χ0n) is 19.7. The van der Waals surface area contributed by atoms with Crippen LogP contribution in [0, 0.1) is 21.4 Å². The van der Waals surface area contributed by atoms with Gasteiger partial charge in [0.25, 0.3) is 5.69 Å². The molecule has 0 fully saturated rings. The van der Waals surface area contributed by atoms with Crippen LogP contribution in [-0.4, -0.2) is 21.5 Å². The Balaban J connectivity index is 1.68. The topological polar surface area (TPSA) is 114 Å². The average molecular weight is 481 g/mol. The summed E-state index contributed by atoms with van der Waals surface area (Å²) in [6.45, 7) is 6.36. The Labute approximate surface area is 208 Å². The molecule has 8 heteroatoms. The maximum Gasteiger partial charge on any atom is 0.269 e. The number of allylic oxidation sites excluding steroid dienone is 2. The molecule has 1 aromatic heterocycles. The van der Waals surface area contributed by atoms with Gasteiger partial charge in [-0.2, -0.15) is 5.26 Å². The quantitative estimate of drug-likeness (QED) is 0.124. The molecule has 0 saturated carbocycles. The maximum atomic E-state index is 10.9. The van der Waals surface area contributed by atoms with E-state index in [-0.39, 0.29) is 12.3 Å². The van der Waals surface area contributed by atoms with Gasteiger partial charge in [0.05, 0.1) is 28.1 Å². The van der Waals surface area contributed by atoms with Crippen molar-refractivity contribution in [3.63, 3.8) is 0 Å². The number of fused-ring (bicyclic) bond motifs is 1. The standard InChI is InChI=1S/C28H24N4O4/c1-3-7-21-14-20(15-22(17-29)28-30-24-8-5-6-9-25(24)31-28)16-26(35-4-2)27(21)36-18-19-10-12-23(13-11-19)32(33)34/h3,5-6,8-16H,1,4,7,18H2,2H3,(H,30,31)/b22-15+. The summed E-state index contributed by atoms with van der Waals surface area (Å²) < 4.78 is 12.0. The Morgan fingerprint density at radius 3 is 2.64 bits per heavy atom. The maximum absolute atomic E-state index is 10.9. The van der Waals surface area contributed by atoms with Gasteiger partial charge in [0.1, 0.15) is 18.5 Å². The van der Waals surface area contributed by atoms with E-state index in [0.717, 1.165) is 27.7 Å². The van der Waals surface area contributed by atoms with Gasteiger partial charge >= 0.3 is 0 Å². The fourth-order valence-electron chi connectivity index (χ4n) is 3.77. The first-order valence-corrected chi connectivity index (χ1v) is 11.4. The first-order chi connectivity index (χ1) is 17.5. The van der Waals surface area contributed by atoms with Crippen LogP contribution < -0.4 is 9.47 Å². The number of ether oxygens (including phenoxy) is 2. The minimum Gasteiger partial charge on any atom is -0.490 e. The number of nitriles is 1. The van der Waals surface area contributed by atoms with Crippen LogP contribution in [0.25, 0.3) is 22.7 Å². The molecular formula is C28H24N4O4. The fourth-order valence-corrected chi connectivity index (χ4v) is 3.77. The smallest absolute Gasteiger partial charge is 0.269 e. The van der Waals surface area contributed by atoms with Gasteiger partial charge in [0.15, 0.2) is 11.5 Å². The van der Waals surface area contributed by atoms with E-state index in [1.807, 2.05) is 43.3 Å². The molecule has 0 saturated heterocycles. The van der Waals surface area contributed by atoms with Crippen LogP contribution >= 0.6 is 0 Å². The third-order valence-corrected chi connectivity index (χ3v) is 5.42. The van der Waals surface area contributed by atoms with Crippen molar-refractivity contribution in [2.75, 3.05) is 6.61 Å². The fraction of sp³-hybridized carbons (Fsp3) is 0.143. The summed E-state index contributed by atoms with van der Waals surface area (Å²) in [5.41, 5.74) is 4.43. The van der Waals surface area contributed by atoms with Gasteiger partial charge in [0.2, 0.25) is 0 Å². The van der Waals surface area contributed by atoms with Crippen molar-refractivity contribution in [2.24, 2.45) is 0 Å². The van der Waals surface area contributed by atoms with Crippen LogP contribution in [0.2, 0.25) is 0 Å². The summed E-state index contributed by atoms with van der Waals surface area (Å²) in [6, 6.07) is 19.8. The zero-order chi connectivity index (χ0) is 25.5. The third-order valence-electron chi connectivity index (χ3n) is 5.42. The number of nitro benzene ring substituents is 1. The van der Waals surface area contributed by atoms with Gasteiger partial charge in [-0.15, -0.1) is 6.58 Å². The van der Waals surface area contributed by atoms with Crippen LogP contribution in [0.3, 0.4) is 0 Å². The average Bonchev–Trinajstić information content (AvgIpc) is 3.31. The Morgan fingerprint density at radius 2 is 1.97 bits per heavy atom. The lowest BCUT2D eigenvalue weighted by Crippen LogP contribution is -2.03. The monoisotopic (exact) mass is 480 g/mol. The highest BCUT2D eigenvalue weighted by Crippen LogP contribution is 2.36. The van der Waals surface area contributed by atoms with Crippen LogP contribution in [0.15, 0.2) is 73.3 Å². The minimum atomic E-state index is -0.437. The number of aromatic nitrogens is 2. The zero-order valence-corrected chi connectivity index (χ0v) is 19.7. The molecule has 0 amide bonds. The molecule has 0 aliphatic carbocycles. The van der Waals surface area contributed by atoms with Crippen molar-refractivity contribution in [1.82, 2.24) is 9.97 Å². The number of rotatable bonds is 10. The lowest BCUT2D eigenvalue weighted by atomic mass is 10.0. The molecule has 3 aromatic carbocycles. The largest absolute Gasteiger partial charge is 0.490 e. The normalized spacial score (nSPS) is 11.2. The number of H-pyrrole nitrogens is 1. The van der Waals surface area contributed by atoms with Crippen LogP contribution in [0.4, 0.5) is 5.69 Å². The number of hydrogen-bond acceptors (Lipinski definition) is 6. The van der Waals surface area contributed by atoms with Crippen LogP contribution in [-0.2, 0) is 13.0 Å². The van der Waals surface area contributed by atoms with Crippen molar-refractivity contribution >= 4 is 28.4 Å². The number of nitrogens with zero attached hydrogens (tertiary/aromatic N) is 3. The summed E-state index contributed by atoms with van der Waals surface area (Å²) in [5.74, 6) is 1.59. The van der Waals surface area contributed by atoms with Gasteiger partial charge in [-0.25, -0.2) is 4.98 Å². The number of non-ortho nitro benzene ring substituents is 1. The summed E-state index contributed by atoms with van der Waals surface area (Å²) in [6.07, 6.45) is 4.04. The Kier molecular flexibility index (Phi) is 7.42. The number of aromatic amines is 1. The van der Waals surface area contributed by atoms with E-state index in [1.165, 1.54) is 12.1 Å². The lowest BCUT2D eigenvalue weighted by Gasteiger charge is -2.17. The number of nitrogens with one attached hydrogen (secondary N) is 1. The second-order valence-corrected chi connectivity index (χ2v) is 7.92. The summed E-state index contributed by atoms with van der Waals surface area (Å²) in [5, 5.41) is 20.7. The highest BCUT2D eigenvalue weighted by atomic mass is 16.6. The molecule has 0 spiro atoms. The predicted molar refractivity (Wildman–Crippen MR) is 139 cm³/mol. The molecule has 1 N–H and O–H groups in total. The Morgan fingerprint density at radius 1 is 1.19 bits per heavy atom. The molecule has 0 radical (unpaired) electrons.